The maximum Gasteiger partial charge on any atom is 0.223 e. The number of rotatable bonds is 7. The van der Waals surface area contributed by atoms with Crippen LogP contribution < -0.4 is 0 Å². The fourth-order valence-electron chi connectivity index (χ4n) is 3.60. The Kier molecular flexibility index (Phi) is 7.03. The summed E-state index contributed by atoms with van der Waals surface area (Å²) in [6.07, 6.45) is 8.79. The van der Waals surface area contributed by atoms with Crippen LogP contribution in [0.5, 0.6) is 0 Å². The molecule has 1 aliphatic heterocycles. The second-order valence-electron chi connectivity index (χ2n) is 6.70. The normalized spacial score (nSPS) is 17.9. The van der Waals surface area contributed by atoms with Gasteiger partial charge in [-0.1, -0.05) is 19.9 Å². The molecule has 1 aromatic heterocycles. The molecule has 2 rings (SSSR count). The minimum atomic E-state index is 0.136. The summed E-state index contributed by atoms with van der Waals surface area (Å²) in [4.78, 5) is 21.3. The van der Waals surface area contributed by atoms with E-state index in [1.807, 2.05) is 24.2 Å². The van der Waals surface area contributed by atoms with E-state index in [1.54, 1.807) is 6.20 Å². The summed E-state index contributed by atoms with van der Waals surface area (Å²) in [5.74, 6) is 0.819. The van der Waals surface area contributed by atoms with E-state index in [4.69, 9.17) is 0 Å². The van der Waals surface area contributed by atoms with Gasteiger partial charge in [-0.15, -0.1) is 0 Å². The van der Waals surface area contributed by atoms with Gasteiger partial charge in [-0.25, -0.2) is 0 Å². The maximum atomic E-state index is 12.7. The van der Waals surface area contributed by atoms with E-state index in [-0.39, 0.29) is 11.9 Å². The van der Waals surface area contributed by atoms with Crippen LogP contribution in [0.15, 0.2) is 24.5 Å². The van der Waals surface area contributed by atoms with Crippen LogP contribution in [-0.4, -0.2) is 47.4 Å². The number of pyridine rings is 1. The van der Waals surface area contributed by atoms with Crippen molar-refractivity contribution in [1.29, 1.82) is 0 Å². The van der Waals surface area contributed by atoms with E-state index in [1.165, 1.54) is 13.0 Å². The molecular formula is C19H31N3O. The predicted molar refractivity (Wildman–Crippen MR) is 94.1 cm³/mol. The van der Waals surface area contributed by atoms with Gasteiger partial charge in [0.1, 0.15) is 0 Å². The summed E-state index contributed by atoms with van der Waals surface area (Å²) in [5, 5.41) is 0. The minimum absolute atomic E-state index is 0.136. The van der Waals surface area contributed by atoms with Crippen molar-refractivity contribution in [2.24, 2.45) is 5.92 Å². The fourth-order valence-corrected chi connectivity index (χ4v) is 3.60. The fraction of sp³-hybridized carbons (Fsp3) is 0.684. The smallest absolute Gasteiger partial charge is 0.223 e. The van der Waals surface area contributed by atoms with Gasteiger partial charge in [0, 0.05) is 25.9 Å². The molecule has 1 amide bonds. The maximum absolute atomic E-state index is 12.7. The van der Waals surface area contributed by atoms with Crippen molar-refractivity contribution in [1.82, 2.24) is 14.8 Å². The van der Waals surface area contributed by atoms with Crippen LogP contribution in [0.2, 0.25) is 0 Å². The van der Waals surface area contributed by atoms with Crippen molar-refractivity contribution >= 4 is 5.91 Å². The molecule has 0 bridgehead atoms. The van der Waals surface area contributed by atoms with Crippen molar-refractivity contribution in [3.05, 3.63) is 30.1 Å². The molecule has 128 valence electrons. The standard InChI is InChI=1S/C19H31N3O/c1-4-11-22-12-8-16(9-13-22)14-19(23)21(3)18(5-2)17-7-6-10-20-15-17/h6-7,10,15-16,18H,4-5,8-9,11-14H2,1-3H3/t18-/m1/s1. The first-order valence-corrected chi connectivity index (χ1v) is 9.03. The molecule has 23 heavy (non-hydrogen) atoms. The van der Waals surface area contributed by atoms with Gasteiger partial charge in [-0.2, -0.15) is 0 Å². The van der Waals surface area contributed by atoms with Crippen LogP contribution in [0, 0.1) is 5.92 Å². The molecule has 1 fully saturated rings. The van der Waals surface area contributed by atoms with Crippen LogP contribution in [-0.2, 0) is 4.79 Å². The lowest BCUT2D eigenvalue weighted by Gasteiger charge is -2.33. The summed E-state index contributed by atoms with van der Waals surface area (Å²) in [6, 6.07) is 4.14. The molecule has 0 N–H and O–H groups in total. The average molecular weight is 317 g/mol. The third-order valence-corrected chi connectivity index (χ3v) is 5.03. The number of piperidine rings is 1. The van der Waals surface area contributed by atoms with E-state index in [0.717, 1.165) is 37.9 Å². The van der Waals surface area contributed by atoms with Crippen molar-refractivity contribution in [2.45, 2.75) is 52.0 Å². The second kappa shape index (κ2) is 9.02. The molecule has 1 saturated heterocycles. The van der Waals surface area contributed by atoms with Crippen molar-refractivity contribution in [2.75, 3.05) is 26.7 Å². The molecule has 0 spiro atoms. The first-order valence-electron chi connectivity index (χ1n) is 9.03. The van der Waals surface area contributed by atoms with E-state index < -0.39 is 0 Å². The van der Waals surface area contributed by atoms with E-state index >= 15 is 0 Å². The Balaban J connectivity index is 1.87. The number of carbonyl (C=O) groups excluding carboxylic acids is 1. The van der Waals surface area contributed by atoms with E-state index in [9.17, 15) is 4.79 Å². The van der Waals surface area contributed by atoms with Crippen LogP contribution in [0.4, 0.5) is 0 Å². The topological polar surface area (TPSA) is 36.4 Å². The van der Waals surface area contributed by atoms with E-state index in [0.29, 0.717) is 12.3 Å². The Morgan fingerprint density at radius 3 is 2.70 bits per heavy atom. The monoisotopic (exact) mass is 317 g/mol. The van der Waals surface area contributed by atoms with Gasteiger partial charge in [-0.3, -0.25) is 9.78 Å². The molecular weight excluding hydrogens is 286 g/mol. The zero-order chi connectivity index (χ0) is 16.7. The second-order valence-corrected chi connectivity index (χ2v) is 6.70. The number of amides is 1. The molecule has 0 aromatic carbocycles. The summed E-state index contributed by atoms with van der Waals surface area (Å²) < 4.78 is 0. The summed E-state index contributed by atoms with van der Waals surface area (Å²) in [5.41, 5.74) is 1.13. The third-order valence-electron chi connectivity index (χ3n) is 5.03. The lowest BCUT2D eigenvalue weighted by molar-refractivity contribution is -0.133. The Labute approximate surface area is 140 Å². The van der Waals surface area contributed by atoms with Gasteiger partial charge in [0.25, 0.3) is 0 Å². The van der Waals surface area contributed by atoms with Crippen molar-refractivity contribution < 1.29 is 4.79 Å². The average Bonchev–Trinajstić information content (AvgIpc) is 2.58. The van der Waals surface area contributed by atoms with Crippen molar-refractivity contribution in [3.63, 3.8) is 0 Å². The van der Waals surface area contributed by atoms with Gasteiger partial charge >= 0.3 is 0 Å². The number of aromatic nitrogens is 1. The lowest BCUT2D eigenvalue weighted by Crippen LogP contribution is -2.37. The summed E-state index contributed by atoms with van der Waals surface area (Å²) in [6.45, 7) is 7.85. The molecule has 0 unspecified atom stereocenters. The van der Waals surface area contributed by atoms with Crippen LogP contribution in [0.1, 0.15) is 57.6 Å². The molecule has 1 aromatic rings. The van der Waals surface area contributed by atoms with Gasteiger partial charge < -0.3 is 9.80 Å². The van der Waals surface area contributed by atoms with Crippen LogP contribution in [0.25, 0.3) is 0 Å². The Hall–Kier alpha value is -1.42. The number of likely N-dealkylation sites (tertiary alicyclic amines) is 1. The molecule has 0 saturated carbocycles. The predicted octanol–water partition coefficient (Wildman–Crippen LogP) is 3.50. The Morgan fingerprint density at radius 2 is 2.13 bits per heavy atom. The number of carbonyl (C=O) groups is 1. The number of hydrogen-bond acceptors (Lipinski definition) is 3. The lowest BCUT2D eigenvalue weighted by atomic mass is 9.92. The zero-order valence-electron chi connectivity index (χ0n) is 14.9. The molecule has 4 nitrogen and oxygen atoms in total. The molecule has 1 atom stereocenters. The summed E-state index contributed by atoms with van der Waals surface area (Å²) >= 11 is 0. The van der Waals surface area contributed by atoms with Gasteiger partial charge in [0.05, 0.1) is 6.04 Å². The number of nitrogens with zero attached hydrogens (tertiary/aromatic N) is 3. The third kappa shape index (κ3) is 5.03. The highest BCUT2D eigenvalue weighted by molar-refractivity contribution is 5.76. The highest BCUT2D eigenvalue weighted by Crippen LogP contribution is 2.26. The first kappa shape index (κ1) is 17.9. The Morgan fingerprint density at radius 1 is 1.39 bits per heavy atom. The molecule has 2 heterocycles. The van der Waals surface area contributed by atoms with E-state index in [2.05, 4.69) is 29.8 Å². The molecule has 1 aliphatic rings. The molecule has 0 radical (unpaired) electrons. The highest BCUT2D eigenvalue weighted by atomic mass is 16.2. The van der Waals surface area contributed by atoms with Gasteiger partial charge in [-0.05, 0) is 62.9 Å². The zero-order valence-corrected chi connectivity index (χ0v) is 14.9. The first-order chi connectivity index (χ1) is 11.2. The highest BCUT2D eigenvalue weighted by Gasteiger charge is 2.25. The Bertz CT molecular complexity index is 469. The minimum Gasteiger partial charge on any atom is -0.339 e. The van der Waals surface area contributed by atoms with Crippen molar-refractivity contribution in [3.8, 4) is 0 Å². The quantitative estimate of drug-likeness (QED) is 0.772. The van der Waals surface area contributed by atoms with Gasteiger partial charge in [0.2, 0.25) is 5.91 Å². The summed E-state index contributed by atoms with van der Waals surface area (Å²) in [7, 11) is 1.94. The van der Waals surface area contributed by atoms with Gasteiger partial charge in [0.15, 0.2) is 0 Å². The van der Waals surface area contributed by atoms with Crippen LogP contribution >= 0.6 is 0 Å². The largest absolute Gasteiger partial charge is 0.339 e. The van der Waals surface area contributed by atoms with Crippen LogP contribution in [0.3, 0.4) is 0 Å². The molecule has 0 aliphatic carbocycles. The SMILES string of the molecule is CCCN1CCC(CC(=O)N(C)[C@H](CC)c2cccnc2)CC1. The number of hydrogen-bond donors (Lipinski definition) is 0. The molecule has 4 heteroatoms.